The van der Waals surface area contributed by atoms with Gasteiger partial charge in [-0.25, -0.2) is 9.89 Å². The zero-order chi connectivity index (χ0) is 24.9. The fraction of sp³-hybridized carbons (Fsp3) is 0.385. The Morgan fingerprint density at radius 1 is 1.17 bits per heavy atom. The van der Waals surface area contributed by atoms with Crippen molar-refractivity contribution in [3.05, 3.63) is 53.6 Å². The van der Waals surface area contributed by atoms with Gasteiger partial charge in [-0.3, -0.25) is 14.6 Å². The first-order chi connectivity index (χ1) is 17.0. The maximum atomic E-state index is 13.2. The number of nitrogens with one attached hydrogen (secondary N) is 1. The van der Waals surface area contributed by atoms with Gasteiger partial charge in [0.2, 0.25) is 5.91 Å². The molecule has 0 bridgehead atoms. The van der Waals surface area contributed by atoms with Crippen molar-refractivity contribution in [3.63, 3.8) is 0 Å². The van der Waals surface area contributed by atoms with Crippen LogP contribution in [0.2, 0.25) is 0 Å². The Labute approximate surface area is 209 Å². The Bertz CT molecular complexity index is 1180. The van der Waals surface area contributed by atoms with Crippen LogP contribution >= 0.6 is 11.8 Å². The predicted molar refractivity (Wildman–Crippen MR) is 139 cm³/mol. The van der Waals surface area contributed by atoms with E-state index < -0.39 is 6.04 Å². The van der Waals surface area contributed by atoms with Gasteiger partial charge >= 0.3 is 0 Å². The van der Waals surface area contributed by atoms with Crippen molar-refractivity contribution in [2.24, 2.45) is 15.9 Å². The molecule has 184 valence electrons. The van der Waals surface area contributed by atoms with Crippen LogP contribution in [0.15, 0.2) is 52.4 Å². The van der Waals surface area contributed by atoms with E-state index in [0.717, 1.165) is 23.2 Å². The van der Waals surface area contributed by atoms with Crippen LogP contribution in [-0.2, 0) is 16.0 Å². The number of methoxy groups -OCH3 is 2. The van der Waals surface area contributed by atoms with Crippen molar-refractivity contribution in [1.82, 2.24) is 10.2 Å². The largest absolute Gasteiger partial charge is 0.493 e. The molecule has 2 heterocycles. The summed E-state index contributed by atoms with van der Waals surface area (Å²) in [5.74, 6) is 2.02. The molecule has 0 spiro atoms. The number of ether oxygens (including phenoxy) is 2. The van der Waals surface area contributed by atoms with E-state index in [9.17, 15) is 9.59 Å². The van der Waals surface area contributed by atoms with Crippen molar-refractivity contribution in [1.29, 1.82) is 0 Å². The number of amides is 2. The van der Waals surface area contributed by atoms with E-state index in [4.69, 9.17) is 19.5 Å². The van der Waals surface area contributed by atoms with Crippen LogP contribution in [0.5, 0.6) is 11.5 Å². The molecular weight excluding hydrogens is 464 g/mol. The molecule has 0 saturated carbocycles. The van der Waals surface area contributed by atoms with Gasteiger partial charge in [-0.1, -0.05) is 50.2 Å². The summed E-state index contributed by atoms with van der Waals surface area (Å²) in [4.78, 5) is 36.8. The SMILES string of the molecule is CC[C@H](C)[C@@H]1N=C2c3ccccc3N=C(SCC(=O)NCCc3ccc(OC)c(OC)c3)N2C1=O. The molecule has 8 nitrogen and oxygen atoms in total. The highest BCUT2D eigenvalue weighted by atomic mass is 32.2. The number of benzene rings is 2. The number of amidine groups is 2. The molecule has 2 aliphatic heterocycles. The van der Waals surface area contributed by atoms with Gasteiger partial charge in [-0.15, -0.1) is 0 Å². The summed E-state index contributed by atoms with van der Waals surface area (Å²) in [6.07, 6.45) is 1.51. The lowest BCUT2D eigenvalue weighted by molar-refractivity contribution is -0.125. The number of thioether (sulfide) groups is 1. The van der Waals surface area contributed by atoms with Crippen molar-refractivity contribution < 1.29 is 19.1 Å². The van der Waals surface area contributed by atoms with E-state index in [0.29, 0.717) is 35.5 Å². The normalized spacial score (nSPS) is 17.2. The van der Waals surface area contributed by atoms with Crippen LogP contribution in [0.4, 0.5) is 5.69 Å². The first-order valence-corrected chi connectivity index (χ1v) is 12.7. The summed E-state index contributed by atoms with van der Waals surface area (Å²) in [7, 11) is 3.19. The molecule has 0 unspecified atom stereocenters. The minimum Gasteiger partial charge on any atom is -0.493 e. The number of para-hydroxylation sites is 1. The summed E-state index contributed by atoms with van der Waals surface area (Å²) in [5, 5.41) is 3.44. The molecule has 35 heavy (non-hydrogen) atoms. The molecule has 2 amide bonds. The first-order valence-electron chi connectivity index (χ1n) is 11.7. The fourth-order valence-electron chi connectivity index (χ4n) is 4.02. The molecule has 0 fully saturated rings. The van der Waals surface area contributed by atoms with Crippen LogP contribution in [0.3, 0.4) is 0 Å². The highest BCUT2D eigenvalue weighted by Gasteiger charge is 2.43. The van der Waals surface area contributed by atoms with Crippen molar-refractivity contribution in [2.75, 3.05) is 26.5 Å². The van der Waals surface area contributed by atoms with Crippen LogP contribution in [0.25, 0.3) is 0 Å². The number of hydrogen-bond acceptors (Lipinski definition) is 7. The smallest absolute Gasteiger partial charge is 0.259 e. The van der Waals surface area contributed by atoms with Crippen LogP contribution in [-0.4, -0.2) is 60.3 Å². The Morgan fingerprint density at radius 2 is 1.94 bits per heavy atom. The average molecular weight is 495 g/mol. The van der Waals surface area contributed by atoms with Crippen molar-refractivity contribution >= 4 is 40.3 Å². The number of nitrogens with zero attached hydrogens (tertiary/aromatic N) is 3. The van der Waals surface area contributed by atoms with Gasteiger partial charge in [0.15, 0.2) is 16.7 Å². The molecule has 9 heteroatoms. The third-order valence-electron chi connectivity index (χ3n) is 6.20. The summed E-state index contributed by atoms with van der Waals surface area (Å²) in [5.41, 5.74) is 2.63. The molecule has 2 aromatic rings. The summed E-state index contributed by atoms with van der Waals surface area (Å²) in [6, 6.07) is 12.9. The third kappa shape index (κ3) is 5.19. The Hall–Kier alpha value is -3.33. The van der Waals surface area contributed by atoms with Gasteiger partial charge in [0.25, 0.3) is 5.91 Å². The molecular formula is C26H30N4O4S. The maximum Gasteiger partial charge on any atom is 0.259 e. The van der Waals surface area contributed by atoms with E-state index in [1.807, 2.05) is 49.4 Å². The number of carbonyl (C=O) groups is 2. The molecule has 2 aromatic carbocycles. The van der Waals surface area contributed by atoms with Crippen LogP contribution < -0.4 is 14.8 Å². The highest BCUT2D eigenvalue weighted by molar-refractivity contribution is 8.14. The lowest BCUT2D eigenvalue weighted by Crippen LogP contribution is -2.42. The number of rotatable bonds is 9. The van der Waals surface area contributed by atoms with Gasteiger partial charge in [0.1, 0.15) is 11.9 Å². The molecule has 2 atom stereocenters. The van der Waals surface area contributed by atoms with E-state index in [1.165, 1.54) is 11.8 Å². The topological polar surface area (TPSA) is 92.6 Å². The maximum absolute atomic E-state index is 13.2. The molecule has 0 radical (unpaired) electrons. The van der Waals surface area contributed by atoms with Gasteiger partial charge in [-0.2, -0.15) is 0 Å². The second-order valence-corrected chi connectivity index (χ2v) is 9.39. The van der Waals surface area contributed by atoms with E-state index in [1.54, 1.807) is 19.1 Å². The number of aliphatic imine (C=N–C) groups is 2. The second kappa shape index (κ2) is 10.9. The van der Waals surface area contributed by atoms with E-state index >= 15 is 0 Å². The number of carbonyl (C=O) groups excluding carboxylic acids is 2. The highest BCUT2D eigenvalue weighted by Crippen LogP contribution is 2.35. The Balaban J connectivity index is 1.39. The Morgan fingerprint density at radius 3 is 2.69 bits per heavy atom. The first kappa shape index (κ1) is 24.8. The summed E-state index contributed by atoms with van der Waals surface area (Å²) >= 11 is 1.25. The monoisotopic (exact) mass is 494 g/mol. The standard InChI is InChI=1S/C26H30N4O4S/c1-5-16(2)23-25(32)30-24(29-23)18-8-6-7-9-19(18)28-26(30)35-15-22(31)27-13-12-17-10-11-20(33-3)21(14-17)34-4/h6-11,14,16,23H,5,12-13,15H2,1-4H3,(H,27,31)/t16-,23-/m0/s1. The van der Waals surface area contributed by atoms with Gasteiger partial charge in [-0.05, 0) is 42.2 Å². The van der Waals surface area contributed by atoms with E-state index in [2.05, 4.69) is 12.2 Å². The molecule has 1 N–H and O–H groups in total. The van der Waals surface area contributed by atoms with Gasteiger partial charge < -0.3 is 14.8 Å². The van der Waals surface area contributed by atoms with Gasteiger partial charge in [0, 0.05) is 12.1 Å². The van der Waals surface area contributed by atoms with Crippen LogP contribution in [0.1, 0.15) is 31.4 Å². The zero-order valence-electron chi connectivity index (χ0n) is 20.4. The number of fused-ring (bicyclic) bond motifs is 3. The van der Waals surface area contributed by atoms with Gasteiger partial charge in [0.05, 0.1) is 25.7 Å². The minimum atomic E-state index is -0.428. The van der Waals surface area contributed by atoms with Crippen LogP contribution in [0, 0.1) is 5.92 Å². The summed E-state index contributed by atoms with van der Waals surface area (Å²) < 4.78 is 10.6. The van der Waals surface area contributed by atoms with E-state index in [-0.39, 0.29) is 23.5 Å². The quantitative estimate of drug-likeness (QED) is 0.572. The van der Waals surface area contributed by atoms with Crippen molar-refractivity contribution in [3.8, 4) is 11.5 Å². The van der Waals surface area contributed by atoms with Crippen molar-refractivity contribution in [2.45, 2.75) is 32.7 Å². The molecule has 0 aromatic heterocycles. The Kier molecular flexibility index (Phi) is 7.75. The lowest BCUT2D eigenvalue weighted by atomic mass is 10.00. The molecule has 4 rings (SSSR count). The summed E-state index contributed by atoms with van der Waals surface area (Å²) in [6.45, 7) is 4.57. The lowest BCUT2D eigenvalue weighted by Gasteiger charge is -2.25. The average Bonchev–Trinajstić information content (AvgIpc) is 3.24. The second-order valence-electron chi connectivity index (χ2n) is 8.45. The molecule has 0 saturated heterocycles. The number of hydrogen-bond donors (Lipinski definition) is 1. The zero-order valence-corrected chi connectivity index (χ0v) is 21.2. The fourth-order valence-corrected chi connectivity index (χ4v) is 4.85. The molecule has 2 aliphatic rings. The predicted octanol–water partition coefficient (Wildman–Crippen LogP) is 3.80. The third-order valence-corrected chi connectivity index (χ3v) is 7.14. The minimum absolute atomic E-state index is 0.0797. The molecule has 0 aliphatic carbocycles.